The first-order valence-electron chi connectivity index (χ1n) is 7.41. The zero-order chi connectivity index (χ0) is 15.1. The van der Waals surface area contributed by atoms with Gasteiger partial charge in [0.15, 0.2) is 0 Å². The molecule has 0 atom stereocenters. The molecule has 0 saturated carbocycles. The number of ether oxygens (including phenoxy) is 3. The molecule has 1 saturated heterocycles. The van der Waals surface area contributed by atoms with Gasteiger partial charge in [0, 0.05) is 46.1 Å². The lowest BCUT2D eigenvalue weighted by Gasteiger charge is -2.34. The Labute approximate surface area is 127 Å². The quantitative estimate of drug-likeness (QED) is 0.761. The van der Waals surface area contributed by atoms with Crippen molar-refractivity contribution in [3.63, 3.8) is 0 Å². The van der Waals surface area contributed by atoms with Crippen LogP contribution in [0.15, 0.2) is 24.3 Å². The molecule has 118 valence electrons. The van der Waals surface area contributed by atoms with Crippen molar-refractivity contribution >= 4 is 5.69 Å². The van der Waals surface area contributed by atoms with Crippen molar-refractivity contribution < 1.29 is 14.2 Å². The van der Waals surface area contributed by atoms with Crippen molar-refractivity contribution in [2.75, 3.05) is 65.6 Å². The number of rotatable bonds is 7. The van der Waals surface area contributed by atoms with Crippen LogP contribution in [0.4, 0.5) is 5.69 Å². The van der Waals surface area contributed by atoms with Gasteiger partial charge < -0.3 is 24.0 Å². The van der Waals surface area contributed by atoms with E-state index < -0.39 is 0 Å². The Morgan fingerprint density at radius 1 is 0.952 bits per heavy atom. The second kappa shape index (κ2) is 8.22. The molecule has 1 aliphatic heterocycles. The molecule has 1 aliphatic rings. The smallest absolute Gasteiger partial charge is 0.145 e. The van der Waals surface area contributed by atoms with Gasteiger partial charge in [-0.2, -0.15) is 0 Å². The van der Waals surface area contributed by atoms with Gasteiger partial charge >= 0.3 is 0 Å². The number of piperazine rings is 1. The van der Waals surface area contributed by atoms with E-state index in [2.05, 4.69) is 29.0 Å². The third-order valence-electron chi connectivity index (χ3n) is 3.71. The molecule has 1 heterocycles. The zero-order valence-electron chi connectivity index (χ0n) is 13.2. The molecule has 0 spiro atoms. The van der Waals surface area contributed by atoms with Gasteiger partial charge in [0.05, 0.1) is 13.2 Å². The molecule has 1 fully saturated rings. The van der Waals surface area contributed by atoms with E-state index in [9.17, 15) is 0 Å². The van der Waals surface area contributed by atoms with E-state index in [1.54, 1.807) is 14.2 Å². The van der Waals surface area contributed by atoms with Crippen LogP contribution in [-0.4, -0.2) is 71.7 Å². The second-order valence-electron chi connectivity index (χ2n) is 5.43. The number of methoxy groups -OCH3 is 2. The summed E-state index contributed by atoms with van der Waals surface area (Å²) in [6, 6.07) is 8.28. The standard InChI is InChI=1S/C16H26N2O3/c1-17-8-10-18(11-9-17)14-4-6-15(7-5-14)21-16(12-19-2)13-20-3/h4-7,16H,8-13H2,1-3H3. The summed E-state index contributed by atoms with van der Waals surface area (Å²) in [6.07, 6.45) is -0.0745. The topological polar surface area (TPSA) is 34.2 Å². The predicted molar refractivity (Wildman–Crippen MR) is 84.3 cm³/mol. The summed E-state index contributed by atoms with van der Waals surface area (Å²) in [5.74, 6) is 0.854. The van der Waals surface area contributed by atoms with E-state index in [1.807, 2.05) is 12.1 Å². The molecule has 21 heavy (non-hydrogen) atoms. The van der Waals surface area contributed by atoms with Gasteiger partial charge in [-0.25, -0.2) is 0 Å². The zero-order valence-corrected chi connectivity index (χ0v) is 13.2. The Balaban J connectivity index is 1.91. The Kier molecular flexibility index (Phi) is 6.29. The van der Waals surface area contributed by atoms with Gasteiger partial charge in [-0.1, -0.05) is 0 Å². The lowest BCUT2D eigenvalue weighted by Crippen LogP contribution is -2.44. The number of benzene rings is 1. The Morgan fingerprint density at radius 3 is 2.05 bits per heavy atom. The van der Waals surface area contributed by atoms with Crippen LogP contribution in [-0.2, 0) is 9.47 Å². The van der Waals surface area contributed by atoms with Gasteiger partial charge in [0.25, 0.3) is 0 Å². The summed E-state index contributed by atoms with van der Waals surface area (Å²) >= 11 is 0. The van der Waals surface area contributed by atoms with Crippen LogP contribution < -0.4 is 9.64 Å². The maximum Gasteiger partial charge on any atom is 0.145 e. The lowest BCUT2D eigenvalue weighted by molar-refractivity contribution is 0.0245. The fourth-order valence-electron chi connectivity index (χ4n) is 2.48. The Hall–Kier alpha value is -1.30. The highest BCUT2D eigenvalue weighted by molar-refractivity contribution is 5.49. The largest absolute Gasteiger partial charge is 0.486 e. The average molecular weight is 294 g/mol. The van der Waals surface area contributed by atoms with E-state index in [1.165, 1.54) is 5.69 Å². The van der Waals surface area contributed by atoms with E-state index in [4.69, 9.17) is 14.2 Å². The third kappa shape index (κ3) is 4.88. The maximum absolute atomic E-state index is 5.88. The summed E-state index contributed by atoms with van der Waals surface area (Å²) in [5, 5.41) is 0. The number of hydrogen-bond donors (Lipinski definition) is 0. The van der Waals surface area contributed by atoms with E-state index in [0.29, 0.717) is 13.2 Å². The molecule has 0 radical (unpaired) electrons. The number of anilines is 1. The van der Waals surface area contributed by atoms with Gasteiger partial charge in [0.2, 0.25) is 0 Å². The lowest BCUT2D eigenvalue weighted by atomic mass is 10.2. The molecule has 0 unspecified atom stereocenters. The van der Waals surface area contributed by atoms with Crippen LogP contribution in [0.5, 0.6) is 5.75 Å². The minimum absolute atomic E-state index is 0.0745. The fourth-order valence-corrected chi connectivity index (χ4v) is 2.48. The van der Waals surface area contributed by atoms with Crippen LogP contribution >= 0.6 is 0 Å². The Bertz CT molecular complexity index is 396. The predicted octanol–water partition coefficient (Wildman–Crippen LogP) is 1.48. The normalized spacial score (nSPS) is 16.5. The number of likely N-dealkylation sites (N-methyl/N-ethyl adjacent to an activating group) is 1. The van der Waals surface area contributed by atoms with Crippen molar-refractivity contribution in [3.8, 4) is 5.75 Å². The molecule has 5 nitrogen and oxygen atoms in total. The molecular weight excluding hydrogens is 268 g/mol. The van der Waals surface area contributed by atoms with E-state index in [0.717, 1.165) is 31.9 Å². The van der Waals surface area contributed by atoms with Crippen molar-refractivity contribution in [2.24, 2.45) is 0 Å². The monoisotopic (exact) mass is 294 g/mol. The summed E-state index contributed by atoms with van der Waals surface area (Å²) in [5.41, 5.74) is 1.26. The highest BCUT2D eigenvalue weighted by Crippen LogP contribution is 2.21. The van der Waals surface area contributed by atoms with Crippen molar-refractivity contribution in [1.82, 2.24) is 4.90 Å². The van der Waals surface area contributed by atoms with Crippen LogP contribution in [0.25, 0.3) is 0 Å². The summed E-state index contributed by atoms with van der Waals surface area (Å²) in [6.45, 7) is 5.42. The van der Waals surface area contributed by atoms with Gasteiger partial charge in [-0.05, 0) is 31.3 Å². The first kappa shape index (κ1) is 16.1. The average Bonchev–Trinajstić information content (AvgIpc) is 2.49. The number of hydrogen-bond acceptors (Lipinski definition) is 5. The van der Waals surface area contributed by atoms with Gasteiger partial charge in [0.1, 0.15) is 11.9 Å². The van der Waals surface area contributed by atoms with Crippen LogP contribution in [0.1, 0.15) is 0 Å². The van der Waals surface area contributed by atoms with Crippen LogP contribution in [0, 0.1) is 0 Å². The molecule has 1 aromatic carbocycles. The SMILES string of the molecule is COCC(COC)Oc1ccc(N2CCN(C)CC2)cc1. The minimum Gasteiger partial charge on any atom is -0.486 e. The first-order valence-corrected chi connectivity index (χ1v) is 7.41. The van der Waals surface area contributed by atoms with Crippen molar-refractivity contribution in [2.45, 2.75) is 6.10 Å². The summed E-state index contributed by atoms with van der Waals surface area (Å²) in [4.78, 5) is 4.76. The fraction of sp³-hybridized carbons (Fsp3) is 0.625. The minimum atomic E-state index is -0.0745. The van der Waals surface area contributed by atoms with Crippen molar-refractivity contribution in [3.05, 3.63) is 24.3 Å². The van der Waals surface area contributed by atoms with Gasteiger partial charge in [-0.15, -0.1) is 0 Å². The highest BCUT2D eigenvalue weighted by Gasteiger charge is 2.15. The molecule has 0 aliphatic carbocycles. The van der Waals surface area contributed by atoms with E-state index in [-0.39, 0.29) is 6.10 Å². The first-order chi connectivity index (χ1) is 10.2. The molecule has 0 amide bonds. The van der Waals surface area contributed by atoms with Gasteiger partial charge in [-0.3, -0.25) is 0 Å². The molecule has 1 aromatic rings. The van der Waals surface area contributed by atoms with E-state index >= 15 is 0 Å². The third-order valence-corrected chi connectivity index (χ3v) is 3.71. The molecule has 0 N–H and O–H groups in total. The summed E-state index contributed by atoms with van der Waals surface area (Å²) < 4.78 is 16.2. The second-order valence-corrected chi connectivity index (χ2v) is 5.43. The molecule has 2 rings (SSSR count). The maximum atomic E-state index is 5.88. The highest BCUT2D eigenvalue weighted by atomic mass is 16.6. The summed E-state index contributed by atoms with van der Waals surface area (Å²) in [7, 11) is 5.50. The van der Waals surface area contributed by atoms with Crippen LogP contribution in [0.3, 0.4) is 0 Å². The Morgan fingerprint density at radius 2 is 1.52 bits per heavy atom. The molecule has 0 aromatic heterocycles. The molecular formula is C16H26N2O3. The molecule has 5 heteroatoms. The molecule has 0 bridgehead atoms. The van der Waals surface area contributed by atoms with Crippen molar-refractivity contribution in [1.29, 1.82) is 0 Å². The van der Waals surface area contributed by atoms with Crippen LogP contribution in [0.2, 0.25) is 0 Å². The number of nitrogens with zero attached hydrogens (tertiary/aromatic N) is 2.